The second-order valence-corrected chi connectivity index (χ2v) is 12.3. The van der Waals surface area contributed by atoms with E-state index in [9.17, 15) is 27.6 Å². The molecule has 1 aliphatic heterocycles. The minimum Gasteiger partial charge on any atom is -0.465 e. The number of ether oxygens (including phenoxy) is 1. The van der Waals surface area contributed by atoms with Crippen molar-refractivity contribution >= 4 is 50.9 Å². The zero-order valence-electron chi connectivity index (χ0n) is 24.9. The highest BCUT2D eigenvalue weighted by molar-refractivity contribution is 7.89. The van der Waals surface area contributed by atoms with Gasteiger partial charge in [-0.3, -0.25) is 24.2 Å². The Hall–Kier alpha value is -4.37. The van der Waals surface area contributed by atoms with E-state index in [0.717, 1.165) is 9.80 Å². The molecule has 1 aliphatic rings. The molecule has 0 bridgehead atoms. The lowest BCUT2D eigenvalue weighted by atomic mass is 9.91. The molecule has 0 radical (unpaired) electrons. The first-order chi connectivity index (χ1) is 20.2. The van der Waals surface area contributed by atoms with E-state index in [0.29, 0.717) is 35.5 Å². The predicted molar refractivity (Wildman–Crippen MR) is 156 cm³/mol. The third-order valence-electron chi connectivity index (χ3n) is 6.87. The van der Waals surface area contributed by atoms with E-state index in [-0.39, 0.29) is 24.0 Å². The van der Waals surface area contributed by atoms with Crippen LogP contribution in [0.4, 0.5) is 21.9 Å². The molecule has 15 heteroatoms. The van der Waals surface area contributed by atoms with Gasteiger partial charge in [-0.1, -0.05) is 6.92 Å². The van der Waals surface area contributed by atoms with Gasteiger partial charge >= 0.3 is 12.0 Å². The van der Waals surface area contributed by atoms with Crippen molar-refractivity contribution in [2.75, 3.05) is 27.2 Å². The van der Waals surface area contributed by atoms with Crippen LogP contribution < -0.4 is 4.72 Å². The van der Waals surface area contributed by atoms with E-state index in [1.807, 2.05) is 6.92 Å². The van der Waals surface area contributed by atoms with Crippen molar-refractivity contribution in [1.82, 2.24) is 14.5 Å². The van der Waals surface area contributed by atoms with Gasteiger partial charge in [0.2, 0.25) is 16.1 Å². The van der Waals surface area contributed by atoms with Crippen LogP contribution in [0.5, 0.6) is 0 Å². The normalized spacial score (nSPS) is 15.3. The minimum absolute atomic E-state index is 0.0538. The zero-order chi connectivity index (χ0) is 31.9. The lowest BCUT2D eigenvalue weighted by molar-refractivity contribution is -0.154. The number of imide groups is 2. The Kier molecular flexibility index (Phi) is 10.6. The number of sulfonamides is 1. The van der Waals surface area contributed by atoms with E-state index in [1.54, 1.807) is 39.0 Å². The first kappa shape index (κ1) is 33.1. The van der Waals surface area contributed by atoms with Gasteiger partial charge in [0.25, 0.3) is 11.8 Å². The summed E-state index contributed by atoms with van der Waals surface area (Å²) in [6.07, 6.45) is 0.979. The number of likely N-dealkylation sites (N-methyl/N-ethyl adjacent to an activating group) is 2. The van der Waals surface area contributed by atoms with Crippen LogP contribution in [-0.4, -0.2) is 75.3 Å². The molecule has 3 rings (SSSR count). The Morgan fingerprint density at radius 2 is 1.56 bits per heavy atom. The van der Waals surface area contributed by atoms with Crippen molar-refractivity contribution in [2.45, 2.75) is 51.5 Å². The molecule has 1 heterocycles. The highest BCUT2D eigenvalue weighted by Gasteiger charge is 2.42. The van der Waals surface area contributed by atoms with E-state index >= 15 is 0 Å². The van der Waals surface area contributed by atoms with Crippen LogP contribution in [0, 0.1) is 12.3 Å². The number of esters is 1. The van der Waals surface area contributed by atoms with Crippen LogP contribution in [0.25, 0.3) is 0 Å². The lowest BCUT2D eigenvalue weighted by Crippen LogP contribution is -2.58. The van der Waals surface area contributed by atoms with Gasteiger partial charge in [0.05, 0.1) is 34.0 Å². The number of nitrogens with zero attached hydrogens (tertiary/aromatic N) is 6. The van der Waals surface area contributed by atoms with Gasteiger partial charge in [0.15, 0.2) is 0 Å². The van der Waals surface area contributed by atoms with Crippen molar-refractivity contribution in [3.63, 3.8) is 0 Å². The molecule has 2 aromatic rings. The summed E-state index contributed by atoms with van der Waals surface area (Å²) < 4.78 is 32.9. The molecule has 0 spiro atoms. The van der Waals surface area contributed by atoms with Gasteiger partial charge in [0.1, 0.15) is 0 Å². The number of hydrogen-bond donors (Lipinski definition) is 1. The van der Waals surface area contributed by atoms with Gasteiger partial charge < -0.3 is 4.74 Å². The summed E-state index contributed by atoms with van der Waals surface area (Å²) in [7, 11) is -1.23. The molecule has 230 valence electrons. The maximum Gasteiger partial charge on any atom is 0.333 e. The highest BCUT2D eigenvalue weighted by atomic mass is 32.2. The van der Waals surface area contributed by atoms with Crippen molar-refractivity contribution in [3.05, 3.63) is 48.0 Å². The second kappa shape index (κ2) is 13.7. The molecule has 0 atom stereocenters. The topological polar surface area (TPSA) is 180 Å². The summed E-state index contributed by atoms with van der Waals surface area (Å²) in [6.45, 7) is 7.48. The van der Waals surface area contributed by atoms with Crippen LogP contribution in [0.1, 0.15) is 39.2 Å². The smallest absolute Gasteiger partial charge is 0.333 e. The number of nitrogens with one attached hydrogen (secondary N) is 1. The van der Waals surface area contributed by atoms with Gasteiger partial charge in [-0.05, 0) is 81.6 Å². The Labute approximate surface area is 250 Å². The second-order valence-electron chi connectivity index (χ2n) is 10.5. The molecule has 14 nitrogen and oxygen atoms in total. The molecule has 43 heavy (non-hydrogen) atoms. The van der Waals surface area contributed by atoms with Crippen molar-refractivity contribution in [2.24, 2.45) is 25.9 Å². The number of carbonyl (C=O) groups is 4. The van der Waals surface area contributed by atoms with Crippen molar-refractivity contribution in [1.29, 1.82) is 0 Å². The van der Waals surface area contributed by atoms with Crippen molar-refractivity contribution in [3.8, 4) is 0 Å². The number of urea groups is 1. The molecule has 1 N–H and O–H groups in total. The zero-order valence-corrected chi connectivity index (χ0v) is 25.7. The first-order valence-corrected chi connectivity index (χ1v) is 15.0. The third-order valence-corrected chi connectivity index (χ3v) is 8.35. The summed E-state index contributed by atoms with van der Waals surface area (Å²) in [5, 5.41) is 16.2. The standard InChI is InChI=1S/C28H35N7O7S/c1-7-28(3,4)26(38)42-16-8-15-29-43(40,41)21-12-9-19(10-13-21)30-32-22-14-11-20(17-18(22)2)31-33-23-24(36)34(5)27(39)35(6)25(23)37/h9-14,17,23,29H,7-8,15-16H2,1-6H3. The Bertz CT molecular complexity index is 1530. The number of carbonyl (C=O) groups excluding carboxylic acids is 4. The first-order valence-electron chi connectivity index (χ1n) is 13.5. The summed E-state index contributed by atoms with van der Waals surface area (Å²) in [6, 6.07) is 8.52. The molecule has 0 unspecified atom stereocenters. The molecular weight excluding hydrogens is 578 g/mol. The Balaban J connectivity index is 1.57. The van der Waals surface area contributed by atoms with Crippen LogP contribution in [0.2, 0.25) is 0 Å². The summed E-state index contributed by atoms with van der Waals surface area (Å²) in [5.41, 5.74) is 1.40. The van der Waals surface area contributed by atoms with Crippen molar-refractivity contribution < 1.29 is 32.3 Å². The SMILES string of the molecule is CCC(C)(C)C(=O)OCCCNS(=O)(=O)c1ccc(N=Nc2ccc(N=NC3C(=O)N(C)C(=O)N(C)C3=O)cc2C)cc1. The molecule has 0 aromatic heterocycles. The quantitative estimate of drug-likeness (QED) is 0.158. The Morgan fingerprint density at radius 1 is 0.953 bits per heavy atom. The van der Waals surface area contributed by atoms with Crippen LogP contribution in [0.3, 0.4) is 0 Å². The molecule has 1 fully saturated rings. The summed E-state index contributed by atoms with van der Waals surface area (Å²) in [4.78, 5) is 50.1. The van der Waals surface area contributed by atoms with Crippen LogP contribution in [0.15, 0.2) is 67.8 Å². The molecule has 1 saturated heterocycles. The fourth-order valence-corrected chi connectivity index (χ4v) is 4.67. The van der Waals surface area contributed by atoms with E-state index < -0.39 is 39.3 Å². The number of benzene rings is 2. The number of barbiturate groups is 1. The molecule has 0 aliphatic carbocycles. The lowest BCUT2D eigenvalue weighted by Gasteiger charge is -2.30. The number of amides is 4. The molecule has 2 aromatic carbocycles. The molecule has 4 amide bonds. The van der Waals surface area contributed by atoms with Crippen LogP contribution in [-0.2, 0) is 29.1 Å². The van der Waals surface area contributed by atoms with Gasteiger partial charge in [-0.15, -0.1) is 0 Å². The Morgan fingerprint density at radius 3 is 2.14 bits per heavy atom. The fraction of sp³-hybridized carbons (Fsp3) is 0.429. The van der Waals surface area contributed by atoms with Gasteiger partial charge in [-0.2, -0.15) is 20.5 Å². The predicted octanol–water partition coefficient (Wildman–Crippen LogP) is 4.56. The minimum atomic E-state index is -3.77. The molecule has 0 saturated carbocycles. The largest absolute Gasteiger partial charge is 0.465 e. The van der Waals surface area contributed by atoms with E-state index in [4.69, 9.17) is 4.74 Å². The fourth-order valence-electron chi connectivity index (χ4n) is 3.59. The highest BCUT2D eigenvalue weighted by Crippen LogP contribution is 2.27. The maximum absolute atomic E-state index is 12.6. The average Bonchev–Trinajstić information content (AvgIpc) is 2.98. The number of aryl methyl sites for hydroxylation is 1. The van der Waals surface area contributed by atoms with Gasteiger partial charge in [0, 0.05) is 20.6 Å². The van der Waals surface area contributed by atoms with E-state index in [2.05, 4.69) is 25.2 Å². The third kappa shape index (κ3) is 8.14. The average molecular weight is 614 g/mol. The van der Waals surface area contributed by atoms with Gasteiger partial charge in [-0.25, -0.2) is 17.9 Å². The molecular formula is C28H35N7O7S. The maximum atomic E-state index is 12.6. The number of hydrogen-bond acceptors (Lipinski definition) is 11. The number of azo groups is 2. The van der Waals surface area contributed by atoms with Crippen LogP contribution >= 0.6 is 0 Å². The monoisotopic (exact) mass is 613 g/mol. The number of rotatable bonds is 12. The summed E-state index contributed by atoms with van der Waals surface area (Å²) in [5.74, 6) is -1.84. The summed E-state index contributed by atoms with van der Waals surface area (Å²) >= 11 is 0. The van der Waals surface area contributed by atoms with E-state index in [1.165, 1.54) is 38.4 Å².